The van der Waals surface area contributed by atoms with Crippen molar-refractivity contribution in [2.45, 2.75) is 18.8 Å². The summed E-state index contributed by atoms with van der Waals surface area (Å²) in [6, 6.07) is 11.2. The van der Waals surface area contributed by atoms with Gasteiger partial charge in [0.15, 0.2) is 0 Å². The van der Waals surface area contributed by atoms with Gasteiger partial charge in [-0.2, -0.15) is 0 Å². The standard InChI is InChI=1S/C20H19FN4O2/c21-16-4-1-5-17(11-16)27-19-12-18(23-24-19)15-3-2-10-25(13-15)20(26)14-6-8-22-9-7-14/h1,4-9,11-12,15H,2-3,10,13H2,(H,23,24)/t15-/m0/s1. The van der Waals surface area contributed by atoms with Gasteiger partial charge in [0.2, 0.25) is 5.88 Å². The van der Waals surface area contributed by atoms with E-state index >= 15 is 0 Å². The summed E-state index contributed by atoms with van der Waals surface area (Å²) in [7, 11) is 0. The number of piperidine rings is 1. The maximum absolute atomic E-state index is 13.3. The molecule has 138 valence electrons. The molecule has 6 nitrogen and oxygen atoms in total. The number of pyridine rings is 1. The van der Waals surface area contributed by atoms with E-state index in [0.717, 1.165) is 25.1 Å². The first-order valence-electron chi connectivity index (χ1n) is 8.87. The number of aromatic amines is 1. The van der Waals surface area contributed by atoms with Crippen LogP contribution in [0.25, 0.3) is 0 Å². The second-order valence-electron chi connectivity index (χ2n) is 6.55. The number of likely N-dealkylation sites (tertiary alicyclic amines) is 1. The quantitative estimate of drug-likeness (QED) is 0.763. The number of hydrogen-bond acceptors (Lipinski definition) is 4. The molecule has 1 aromatic carbocycles. The van der Waals surface area contributed by atoms with Crippen molar-refractivity contribution in [3.8, 4) is 11.6 Å². The highest BCUT2D eigenvalue weighted by molar-refractivity contribution is 5.94. The van der Waals surface area contributed by atoms with Crippen molar-refractivity contribution >= 4 is 5.91 Å². The molecule has 0 radical (unpaired) electrons. The lowest BCUT2D eigenvalue weighted by Gasteiger charge is -2.32. The van der Waals surface area contributed by atoms with E-state index in [4.69, 9.17) is 4.74 Å². The normalized spacial score (nSPS) is 16.9. The molecule has 7 heteroatoms. The Balaban J connectivity index is 1.44. The predicted octanol–water partition coefficient (Wildman–Crippen LogP) is 3.76. The summed E-state index contributed by atoms with van der Waals surface area (Å²) in [6.45, 7) is 1.35. The smallest absolute Gasteiger partial charge is 0.253 e. The van der Waals surface area contributed by atoms with Gasteiger partial charge in [-0.15, -0.1) is 5.10 Å². The maximum Gasteiger partial charge on any atom is 0.253 e. The van der Waals surface area contributed by atoms with Gasteiger partial charge in [0.05, 0.1) is 0 Å². The predicted molar refractivity (Wildman–Crippen MR) is 97.2 cm³/mol. The number of carbonyl (C=O) groups excluding carboxylic acids is 1. The molecule has 1 saturated heterocycles. The van der Waals surface area contributed by atoms with E-state index in [2.05, 4.69) is 15.2 Å². The van der Waals surface area contributed by atoms with Gasteiger partial charge >= 0.3 is 0 Å². The lowest BCUT2D eigenvalue weighted by atomic mass is 9.94. The molecule has 0 unspecified atom stereocenters. The van der Waals surface area contributed by atoms with E-state index in [9.17, 15) is 9.18 Å². The van der Waals surface area contributed by atoms with E-state index < -0.39 is 0 Å². The molecule has 27 heavy (non-hydrogen) atoms. The molecule has 0 aliphatic carbocycles. The average Bonchev–Trinajstić information content (AvgIpc) is 3.17. The highest BCUT2D eigenvalue weighted by atomic mass is 19.1. The highest BCUT2D eigenvalue weighted by Crippen LogP contribution is 2.29. The summed E-state index contributed by atoms with van der Waals surface area (Å²) in [5, 5.41) is 7.16. The third-order valence-electron chi connectivity index (χ3n) is 4.67. The Morgan fingerprint density at radius 2 is 2.07 bits per heavy atom. The van der Waals surface area contributed by atoms with Gasteiger partial charge in [-0.3, -0.25) is 14.9 Å². The van der Waals surface area contributed by atoms with Gasteiger partial charge in [0, 0.05) is 54.8 Å². The number of halogens is 1. The molecule has 1 aliphatic heterocycles. The molecular formula is C20H19FN4O2. The minimum absolute atomic E-state index is 0.0119. The molecule has 2 aromatic heterocycles. The fourth-order valence-electron chi connectivity index (χ4n) is 3.32. The van der Waals surface area contributed by atoms with Gasteiger partial charge < -0.3 is 9.64 Å². The Morgan fingerprint density at radius 1 is 1.22 bits per heavy atom. The van der Waals surface area contributed by atoms with Crippen LogP contribution in [-0.4, -0.2) is 39.1 Å². The van der Waals surface area contributed by atoms with E-state index in [-0.39, 0.29) is 17.6 Å². The summed E-state index contributed by atoms with van der Waals surface area (Å²) < 4.78 is 18.9. The Morgan fingerprint density at radius 3 is 2.89 bits per heavy atom. The van der Waals surface area contributed by atoms with E-state index in [0.29, 0.717) is 23.7 Å². The monoisotopic (exact) mass is 366 g/mol. The number of benzene rings is 1. The van der Waals surface area contributed by atoms with E-state index in [1.165, 1.54) is 12.1 Å². The van der Waals surface area contributed by atoms with E-state index in [1.807, 2.05) is 11.0 Å². The molecule has 1 fully saturated rings. The lowest BCUT2D eigenvalue weighted by Crippen LogP contribution is -2.39. The summed E-state index contributed by atoms with van der Waals surface area (Å²) in [6.07, 6.45) is 5.13. The minimum Gasteiger partial charge on any atom is -0.437 e. The van der Waals surface area contributed by atoms with Crippen LogP contribution in [0.1, 0.15) is 34.8 Å². The molecule has 0 saturated carbocycles. The molecule has 0 bridgehead atoms. The van der Waals surface area contributed by atoms with Crippen LogP contribution < -0.4 is 4.74 Å². The van der Waals surface area contributed by atoms with Crippen LogP contribution in [0.4, 0.5) is 4.39 Å². The number of nitrogens with zero attached hydrogens (tertiary/aromatic N) is 3. The summed E-state index contributed by atoms with van der Waals surface area (Å²) >= 11 is 0. The maximum atomic E-state index is 13.3. The van der Waals surface area contributed by atoms with Crippen molar-refractivity contribution < 1.29 is 13.9 Å². The second-order valence-corrected chi connectivity index (χ2v) is 6.55. The van der Waals surface area contributed by atoms with Crippen molar-refractivity contribution in [3.05, 3.63) is 71.9 Å². The Bertz CT molecular complexity index is 928. The van der Waals surface area contributed by atoms with Crippen molar-refractivity contribution in [2.24, 2.45) is 0 Å². The Kier molecular flexibility index (Phi) is 4.82. The third-order valence-corrected chi connectivity index (χ3v) is 4.67. The topological polar surface area (TPSA) is 71.1 Å². The van der Waals surface area contributed by atoms with Gasteiger partial charge in [-0.05, 0) is 37.1 Å². The first-order chi connectivity index (χ1) is 13.2. The van der Waals surface area contributed by atoms with Gasteiger partial charge in [-0.25, -0.2) is 4.39 Å². The van der Waals surface area contributed by atoms with Gasteiger partial charge in [0.1, 0.15) is 11.6 Å². The number of hydrogen-bond donors (Lipinski definition) is 1. The fourth-order valence-corrected chi connectivity index (χ4v) is 3.32. The zero-order valence-electron chi connectivity index (χ0n) is 14.6. The van der Waals surface area contributed by atoms with Crippen molar-refractivity contribution in [3.63, 3.8) is 0 Å². The van der Waals surface area contributed by atoms with Crippen LogP contribution in [0.5, 0.6) is 11.6 Å². The van der Waals surface area contributed by atoms with Crippen LogP contribution in [0, 0.1) is 5.82 Å². The zero-order chi connectivity index (χ0) is 18.6. The molecule has 1 amide bonds. The Hall–Kier alpha value is -3.22. The lowest BCUT2D eigenvalue weighted by molar-refractivity contribution is 0.0705. The molecule has 1 aliphatic rings. The largest absolute Gasteiger partial charge is 0.437 e. The van der Waals surface area contributed by atoms with Gasteiger partial charge in [0.25, 0.3) is 5.91 Å². The first kappa shape index (κ1) is 17.2. The molecule has 3 aromatic rings. The average molecular weight is 366 g/mol. The highest BCUT2D eigenvalue weighted by Gasteiger charge is 2.27. The number of nitrogens with one attached hydrogen (secondary N) is 1. The van der Waals surface area contributed by atoms with Crippen molar-refractivity contribution in [2.75, 3.05) is 13.1 Å². The van der Waals surface area contributed by atoms with Crippen LogP contribution in [0.3, 0.4) is 0 Å². The summed E-state index contributed by atoms with van der Waals surface area (Å²) in [4.78, 5) is 18.5. The summed E-state index contributed by atoms with van der Waals surface area (Å²) in [5.74, 6) is 0.583. The van der Waals surface area contributed by atoms with Gasteiger partial charge in [-0.1, -0.05) is 6.07 Å². The number of amides is 1. The molecule has 4 rings (SSSR count). The number of rotatable bonds is 4. The molecule has 0 spiro atoms. The number of carbonyl (C=O) groups is 1. The van der Waals surface area contributed by atoms with Crippen molar-refractivity contribution in [1.29, 1.82) is 0 Å². The van der Waals surface area contributed by atoms with Crippen LogP contribution in [-0.2, 0) is 0 Å². The fraction of sp³-hybridized carbons (Fsp3) is 0.250. The number of H-pyrrole nitrogens is 1. The van der Waals surface area contributed by atoms with Crippen LogP contribution in [0.2, 0.25) is 0 Å². The molecule has 3 heterocycles. The van der Waals surface area contributed by atoms with E-state index in [1.54, 1.807) is 36.7 Å². The minimum atomic E-state index is -0.360. The van der Waals surface area contributed by atoms with Crippen LogP contribution in [0.15, 0.2) is 54.9 Å². The summed E-state index contributed by atoms with van der Waals surface area (Å²) in [5.41, 5.74) is 1.55. The first-order valence-corrected chi connectivity index (χ1v) is 8.87. The molecule has 1 N–H and O–H groups in total. The molecular weight excluding hydrogens is 347 g/mol. The number of ether oxygens (including phenoxy) is 1. The van der Waals surface area contributed by atoms with Crippen molar-refractivity contribution in [1.82, 2.24) is 20.1 Å². The third kappa shape index (κ3) is 3.97. The SMILES string of the molecule is O=C(c1ccncc1)N1CCC[C@H](c2cc(Oc3cccc(F)c3)n[nH]2)C1. The second kappa shape index (κ2) is 7.57. The molecule has 1 atom stereocenters. The zero-order valence-corrected chi connectivity index (χ0v) is 14.6. The Labute approximate surface area is 156 Å². The number of aromatic nitrogens is 3. The van der Waals surface area contributed by atoms with Crippen LogP contribution >= 0.6 is 0 Å².